The average molecular weight is 443 g/mol. The van der Waals surface area contributed by atoms with E-state index in [1.807, 2.05) is 6.07 Å². The molecule has 0 unspecified atom stereocenters. The van der Waals surface area contributed by atoms with E-state index in [0.717, 1.165) is 5.56 Å². The molecule has 0 aliphatic carbocycles. The Kier molecular flexibility index (Phi) is 6.31. The van der Waals surface area contributed by atoms with Crippen molar-refractivity contribution in [1.29, 1.82) is 0 Å². The molecular formula is C24H21N5O4. The third-order valence-corrected chi connectivity index (χ3v) is 4.81. The number of rotatable bonds is 7. The van der Waals surface area contributed by atoms with Crippen molar-refractivity contribution in [2.45, 2.75) is 0 Å². The van der Waals surface area contributed by atoms with Gasteiger partial charge in [0, 0.05) is 11.3 Å². The molecule has 1 heterocycles. The second-order valence-electron chi connectivity index (χ2n) is 6.95. The van der Waals surface area contributed by atoms with E-state index in [-0.39, 0.29) is 11.5 Å². The van der Waals surface area contributed by atoms with Gasteiger partial charge in [-0.15, -0.1) is 0 Å². The third-order valence-electron chi connectivity index (χ3n) is 4.81. The van der Waals surface area contributed by atoms with Gasteiger partial charge in [-0.3, -0.25) is 14.6 Å². The highest BCUT2D eigenvalue weighted by Crippen LogP contribution is 2.26. The largest absolute Gasteiger partial charge is 0.493 e. The summed E-state index contributed by atoms with van der Waals surface area (Å²) >= 11 is 0. The van der Waals surface area contributed by atoms with E-state index in [2.05, 4.69) is 25.8 Å². The van der Waals surface area contributed by atoms with Crippen LogP contribution in [0.3, 0.4) is 0 Å². The fourth-order valence-corrected chi connectivity index (χ4v) is 3.15. The zero-order valence-corrected chi connectivity index (χ0v) is 18.0. The molecule has 0 saturated heterocycles. The Hall–Kier alpha value is -4.66. The first-order valence-electron chi connectivity index (χ1n) is 9.99. The van der Waals surface area contributed by atoms with Crippen LogP contribution in [-0.4, -0.2) is 36.3 Å². The molecule has 0 aliphatic rings. The summed E-state index contributed by atoms with van der Waals surface area (Å²) < 4.78 is 10.4. The molecule has 0 saturated carbocycles. The number of carbonyl (C=O) groups excluding carboxylic acids is 1. The van der Waals surface area contributed by atoms with E-state index in [4.69, 9.17) is 9.47 Å². The van der Waals surface area contributed by atoms with Crippen molar-refractivity contribution < 1.29 is 14.3 Å². The van der Waals surface area contributed by atoms with E-state index in [0.29, 0.717) is 39.6 Å². The van der Waals surface area contributed by atoms with Crippen molar-refractivity contribution in [2.24, 2.45) is 5.10 Å². The number of anilines is 2. The molecule has 0 atom stereocenters. The van der Waals surface area contributed by atoms with Crippen molar-refractivity contribution in [3.05, 3.63) is 88.2 Å². The summed E-state index contributed by atoms with van der Waals surface area (Å²) in [5, 5.41) is 7.55. The monoisotopic (exact) mass is 443 g/mol. The number of aromatic nitrogens is 2. The van der Waals surface area contributed by atoms with Gasteiger partial charge in [-0.05, 0) is 60.2 Å². The maximum Gasteiger partial charge on any atom is 0.271 e. The molecule has 0 spiro atoms. The summed E-state index contributed by atoms with van der Waals surface area (Å²) in [5.74, 6) is 1.12. The fourth-order valence-electron chi connectivity index (χ4n) is 3.15. The molecule has 3 N–H and O–H groups in total. The summed E-state index contributed by atoms with van der Waals surface area (Å²) in [6.07, 6.45) is 1.51. The Bertz CT molecular complexity index is 1380. The van der Waals surface area contributed by atoms with Crippen LogP contribution in [0.5, 0.6) is 11.5 Å². The summed E-state index contributed by atoms with van der Waals surface area (Å²) in [6, 6.07) is 19.1. The van der Waals surface area contributed by atoms with E-state index >= 15 is 0 Å². The van der Waals surface area contributed by atoms with Crippen LogP contribution in [0.1, 0.15) is 15.9 Å². The highest BCUT2D eigenvalue weighted by atomic mass is 16.5. The standard InChI is InChI=1S/C24H21N5O4/c1-32-20-12-7-15(13-21(20)33-2)14-25-29-22(30)16-8-10-17(11-9-16)26-24-27-19-6-4-3-5-18(19)23(31)28-24/h3-14H,1-2H3,(H,29,30)(H2,26,27,28,31)/b25-14-. The number of hydrazone groups is 1. The predicted octanol–water partition coefficient (Wildman–Crippen LogP) is 3.45. The van der Waals surface area contributed by atoms with Gasteiger partial charge in [-0.1, -0.05) is 12.1 Å². The molecule has 0 fully saturated rings. The van der Waals surface area contributed by atoms with E-state index in [1.165, 1.54) is 6.21 Å². The van der Waals surface area contributed by atoms with Gasteiger partial charge in [0.25, 0.3) is 11.5 Å². The Morgan fingerprint density at radius 1 is 1.00 bits per heavy atom. The summed E-state index contributed by atoms with van der Waals surface area (Å²) in [7, 11) is 3.11. The Morgan fingerprint density at radius 2 is 1.76 bits per heavy atom. The lowest BCUT2D eigenvalue weighted by atomic mass is 10.2. The summed E-state index contributed by atoms with van der Waals surface area (Å²) in [5.41, 5.74) is 4.68. The number of nitrogens with one attached hydrogen (secondary N) is 3. The number of nitrogens with zero attached hydrogens (tertiary/aromatic N) is 2. The van der Waals surface area contributed by atoms with Crippen LogP contribution in [0.25, 0.3) is 10.9 Å². The number of hydrogen-bond donors (Lipinski definition) is 3. The van der Waals surface area contributed by atoms with Crippen molar-refractivity contribution in [3.63, 3.8) is 0 Å². The van der Waals surface area contributed by atoms with E-state index in [9.17, 15) is 9.59 Å². The summed E-state index contributed by atoms with van der Waals surface area (Å²) in [6.45, 7) is 0. The molecule has 9 nitrogen and oxygen atoms in total. The molecule has 0 bridgehead atoms. The second-order valence-corrected chi connectivity index (χ2v) is 6.95. The van der Waals surface area contributed by atoms with Crippen LogP contribution >= 0.6 is 0 Å². The third kappa shape index (κ3) is 4.99. The molecule has 1 amide bonds. The van der Waals surface area contributed by atoms with Gasteiger partial charge in [0.05, 0.1) is 31.3 Å². The number of fused-ring (bicyclic) bond motifs is 1. The molecule has 4 rings (SSSR count). The number of methoxy groups -OCH3 is 2. The predicted molar refractivity (Wildman–Crippen MR) is 127 cm³/mol. The maximum absolute atomic E-state index is 12.4. The quantitative estimate of drug-likeness (QED) is 0.297. The Balaban J connectivity index is 1.40. The van der Waals surface area contributed by atoms with Gasteiger partial charge < -0.3 is 14.8 Å². The average Bonchev–Trinajstić information content (AvgIpc) is 2.84. The topological polar surface area (TPSA) is 118 Å². The van der Waals surface area contributed by atoms with Gasteiger partial charge in [-0.25, -0.2) is 10.4 Å². The maximum atomic E-state index is 12.4. The molecule has 1 aromatic heterocycles. The summed E-state index contributed by atoms with van der Waals surface area (Å²) in [4.78, 5) is 31.7. The van der Waals surface area contributed by atoms with Crippen molar-refractivity contribution in [3.8, 4) is 11.5 Å². The number of aromatic amines is 1. The van der Waals surface area contributed by atoms with Crippen LogP contribution in [0.15, 0.2) is 76.6 Å². The van der Waals surface area contributed by atoms with Crippen LogP contribution in [0.2, 0.25) is 0 Å². The molecule has 0 radical (unpaired) electrons. The zero-order chi connectivity index (χ0) is 23.2. The van der Waals surface area contributed by atoms with E-state index < -0.39 is 0 Å². The number of hydrogen-bond acceptors (Lipinski definition) is 7. The molecule has 9 heteroatoms. The first-order valence-corrected chi connectivity index (χ1v) is 9.99. The van der Waals surface area contributed by atoms with Gasteiger partial charge in [0.15, 0.2) is 11.5 Å². The van der Waals surface area contributed by atoms with Gasteiger partial charge in [0.2, 0.25) is 5.95 Å². The van der Waals surface area contributed by atoms with Crippen LogP contribution < -0.4 is 25.8 Å². The minimum Gasteiger partial charge on any atom is -0.493 e. The van der Waals surface area contributed by atoms with Crippen LogP contribution in [0.4, 0.5) is 11.6 Å². The first kappa shape index (κ1) is 21.6. The van der Waals surface area contributed by atoms with Crippen molar-refractivity contribution >= 4 is 34.7 Å². The molecular weight excluding hydrogens is 422 g/mol. The number of amides is 1. The molecule has 166 valence electrons. The fraction of sp³-hybridized carbons (Fsp3) is 0.0833. The van der Waals surface area contributed by atoms with E-state index in [1.54, 1.807) is 74.9 Å². The highest BCUT2D eigenvalue weighted by Gasteiger charge is 2.07. The molecule has 33 heavy (non-hydrogen) atoms. The van der Waals surface area contributed by atoms with Crippen molar-refractivity contribution in [2.75, 3.05) is 19.5 Å². The second kappa shape index (κ2) is 9.65. The molecule has 0 aliphatic heterocycles. The van der Waals surface area contributed by atoms with Crippen molar-refractivity contribution in [1.82, 2.24) is 15.4 Å². The lowest BCUT2D eigenvalue weighted by molar-refractivity contribution is 0.0955. The normalized spacial score (nSPS) is 10.8. The number of carbonyl (C=O) groups is 1. The zero-order valence-electron chi connectivity index (χ0n) is 18.0. The smallest absolute Gasteiger partial charge is 0.271 e. The van der Waals surface area contributed by atoms with Gasteiger partial charge in [0.1, 0.15) is 0 Å². The Morgan fingerprint density at radius 3 is 2.52 bits per heavy atom. The number of benzene rings is 3. The SMILES string of the molecule is COc1ccc(/C=N\NC(=O)c2ccc(Nc3nc4ccccc4c(=O)[nH]3)cc2)cc1OC. The first-order chi connectivity index (χ1) is 16.1. The minimum atomic E-state index is -0.365. The minimum absolute atomic E-state index is 0.230. The highest BCUT2D eigenvalue weighted by molar-refractivity contribution is 5.95. The lowest BCUT2D eigenvalue weighted by Crippen LogP contribution is -2.17. The Labute approximate surface area is 189 Å². The number of ether oxygens (including phenoxy) is 2. The molecule has 4 aromatic rings. The number of H-pyrrole nitrogens is 1. The number of para-hydroxylation sites is 1. The molecule has 3 aromatic carbocycles. The van der Waals surface area contributed by atoms with Gasteiger partial charge >= 0.3 is 0 Å². The van der Waals surface area contributed by atoms with Crippen LogP contribution in [0, 0.1) is 0 Å². The lowest BCUT2D eigenvalue weighted by Gasteiger charge is -2.08. The van der Waals surface area contributed by atoms with Crippen LogP contribution in [-0.2, 0) is 0 Å². The van der Waals surface area contributed by atoms with Gasteiger partial charge in [-0.2, -0.15) is 5.10 Å².